The summed E-state index contributed by atoms with van der Waals surface area (Å²) in [6.45, 7) is 5.40. The molecule has 5 rings (SSSR count). The highest BCUT2D eigenvalue weighted by atomic mass is 35.5. The number of likely N-dealkylation sites (tertiary alicyclic amines) is 1. The highest BCUT2D eigenvalue weighted by Crippen LogP contribution is 2.43. The van der Waals surface area contributed by atoms with E-state index in [4.69, 9.17) is 16.3 Å². The number of carbonyl (C=O) groups excluding carboxylic acids is 2. The summed E-state index contributed by atoms with van der Waals surface area (Å²) in [5.41, 5.74) is 0.668. The first-order valence-corrected chi connectivity index (χ1v) is 13.3. The van der Waals surface area contributed by atoms with E-state index in [1.807, 2.05) is 18.2 Å². The molecule has 1 aromatic heterocycles. The number of nitriles is 1. The number of nitrogens with zero attached hydrogens (tertiary/aromatic N) is 3. The Hall–Kier alpha value is -3.57. The van der Waals surface area contributed by atoms with Crippen molar-refractivity contribution in [1.82, 2.24) is 14.8 Å². The number of carbonyl (C=O) groups is 2. The van der Waals surface area contributed by atoms with Crippen LogP contribution in [0.15, 0.2) is 41.2 Å². The van der Waals surface area contributed by atoms with Crippen LogP contribution < -0.4 is 10.9 Å². The van der Waals surface area contributed by atoms with Crippen molar-refractivity contribution in [3.05, 3.63) is 57.3 Å². The molecule has 4 atom stereocenters. The number of rotatable bonds is 4. The van der Waals surface area contributed by atoms with Crippen LogP contribution in [0.1, 0.15) is 45.6 Å². The molecule has 38 heavy (non-hydrogen) atoms. The quantitative estimate of drug-likeness (QED) is 0.489. The monoisotopic (exact) mass is 534 g/mol. The highest BCUT2D eigenvalue weighted by molar-refractivity contribution is 6.31. The molecule has 0 spiro atoms. The molecule has 9 heteroatoms. The fourth-order valence-corrected chi connectivity index (χ4v) is 6.12. The maximum atomic E-state index is 13.4. The molecule has 8 nitrogen and oxygen atoms in total. The molecular formula is C29H31ClN4O4. The molecule has 1 saturated heterocycles. The Morgan fingerprint density at radius 3 is 2.61 bits per heavy atom. The van der Waals surface area contributed by atoms with Gasteiger partial charge in [0.15, 0.2) is 0 Å². The fraction of sp³-hybridized carbons (Fsp3) is 0.448. The molecule has 1 aliphatic heterocycles. The predicted octanol–water partition coefficient (Wildman–Crippen LogP) is 4.68. The van der Waals surface area contributed by atoms with E-state index in [0.717, 1.165) is 41.1 Å². The van der Waals surface area contributed by atoms with E-state index in [1.54, 1.807) is 55.5 Å². The maximum Gasteiger partial charge on any atom is 0.411 e. The van der Waals surface area contributed by atoms with Gasteiger partial charge >= 0.3 is 6.09 Å². The lowest BCUT2D eigenvalue weighted by Gasteiger charge is -2.35. The molecule has 2 bridgehead atoms. The fourth-order valence-electron chi connectivity index (χ4n) is 5.96. The molecular weight excluding hydrogens is 504 g/mol. The van der Waals surface area contributed by atoms with Crippen LogP contribution in [0.5, 0.6) is 0 Å². The number of ether oxygens (including phenoxy) is 1. The molecule has 1 saturated carbocycles. The second kappa shape index (κ2) is 9.63. The van der Waals surface area contributed by atoms with E-state index < -0.39 is 23.8 Å². The molecule has 2 fully saturated rings. The van der Waals surface area contributed by atoms with Gasteiger partial charge in [-0.25, -0.2) is 4.79 Å². The number of halogens is 1. The first-order chi connectivity index (χ1) is 18.0. The minimum absolute atomic E-state index is 0.0208. The van der Waals surface area contributed by atoms with Crippen molar-refractivity contribution in [1.29, 1.82) is 5.26 Å². The Balaban J connectivity index is 1.38. The van der Waals surface area contributed by atoms with Crippen LogP contribution in [-0.4, -0.2) is 45.2 Å². The largest absolute Gasteiger partial charge is 0.444 e. The van der Waals surface area contributed by atoms with Crippen molar-refractivity contribution < 1.29 is 14.3 Å². The molecule has 1 unspecified atom stereocenters. The van der Waals surface area contributed by atoms with Crippen molar-refractivity contribution in [2.75, 3.05) is 0 Å². The van der Waals surface area contributed by atoms with Crippen molar-refractivity contribution >= 4 is 45.3 Å². The normalized spacial score (nSPS) is 21.5. The third kappa shape index (κ3) is 4.71. The molecule has 2 heterocycles. The predicted molar refractivity (Wildman–Crippen MR) is 146 cm³/mol. The Morgan fingerprint density at radius 2 is 1.89 bits per heavy atom. The van der Waals surface area contributed by atoms with Crippen LogP contribution in [-0.2, 0) is 23.0 Å². The average Bonchev–Trinajstić information content (AvgIpc) is 3.48. The van der Waals surface area contributed by atoms with Crippen molar-refractivity contribution in [3.8, 4) is 6.07 Å². The summed E-state index contributed by atoms with van der Waals surface area (Å²) in [4.78, 5) is 41.0. The van der Waals surface area contributed by atoms with E-state index in [0.29, 0.717) is 10.4 Å². The van der Waals surface area contributed by atoms with Crippen molar-refractivity contribution in [3.63, 3.8) is 0 Å². The van der Waals surface area contributed by atoms with Crippen LogP contribution in [0.25, 0.3) is 21.7 Å². The maximum absolute atomic E-state index is 13.4. The van der Waals surface area contributed by atoms with Gasteiger partial charge in [0.05, 0.1) is 11.6 Å². The number of pyridine rings is 1. The van der Waals surface area contributed by atoms with Crippen molar-refractivity contribution in [2.45, 2.75) is 70.2 Å². The Bertz CT molecular complexity index is 1550. The molecule has 1 aliphatic carbocycles. The van der Waals surface area contributed by atoms with Crippen LogP contribution in [0.2, 0.25) is 5.02 Å². The summed E-state index contributed by atoms with van der Waals surface area (Å²) >= 11 is 6.15. The Labute approximate surface area is 226 Å². The molecule has 1 N–H and O–H groups in total. The van der Waals surface area contributed by atoms with E-state index in [9.17, 15) is 19.6 Å². The van der Waals surface area contributed by atoms with Gasteiger partial charge in [-0.3, -0.25) is 14.5 Å². The highest BCUT2D eigenvalue weighted by Gasteiger charge is 2.52. The number of fused-ring (bicyclic) bond motifs is 5. The van der Waals surface area contributed by atoms with Gasteiger partial charge < -0.3 is 14.6 Å². The van der Waals surface area contributed by atoms with Gasteiger partial charge in [-0.15, -0.1) is 0 Å². The number of hydrogen-bond acceptors (Lipinski definition) is 5. The first-order valence-electron chi connectivity index (χ1n) is 12.9. The SMILES string of the molecule is Cn1c(=O)c2cc(CC(C#N)NC(=O)[C@@H]3[C@H]4CC[C@H](C4)N3C(=O)OC(C)(C)C)ccc2c2ccc(Cl)cc21. The molecule has 198 valence electrons. The lowest BCUT2D eigenvalue weighted by Crippen LogP contribution is -2.55. The van der Waals surface area contributed by atoms with Crippen LogP contribution >= 0.6 is 11.6 Å². The number of aromatic nitrogens is 1. The first kappa shape index (κ1) is 26.1. The Morgan fingerprint density at radius 1 is 1.16 bits per heavy atom. The number of nitrogens with one attached hydrogen (secondary N) is 1. The number of amides is 2. The summed E-state index contributed by atoms with van der Waals surface area (Å²) in [6, 6.07) is 11.7. The minimum Gasteiger partial charge on any atom is -0.444 e. The van der Waals surface area contributed by atoms with Gasteiger partial charge in [-0.1, -0.05) is 29.8 Å². The smallest absolute Gasteiger partial charge is 0.411 e. The van der Waals surface area contributed by atoms with E-state index >= 15 is 0 Å². The zero-order chi connectivity index (χ0) is 27.4. The van der Waals surface area contributed by atoms with Gasteiger partial charge in [0.2, 0.25) is 5.91 Å². The van der Waals surface area contributed by atoms with Crippen LogP contribution in [0.3, 0.4) is 0 Å². The van der Waals surface area contributed by atoms with Gasteiger partial charge in [0.1, 0.15) is 17.7 Å². The standard InChI is InChI=1S/C29H31ClN4O4/c1-29(2,3)38-28(37)34-20-8-6-17(13-20)25(34)26(35)32-19(15-31)11-16-5-9-21-22-10-7-18(30)14-24(22)33(4)27(36)23(21)12-16/h5,7,9-10,12,14,17,19-20,25H,6,8,11,13H2,1-4H3,(H,32,35)/t17-,19?,20+,25-/m0/s1. The average molecular weight is 535 g/mol. The minimum atomic E-state index is -0.817. The van der Waals surface area contributed by atoms with Crippen LogP contribution in [0.4, 0.5) is 4.79 Å². The topological polar surface area (TPSA) is 104 Å². The zero-order valence-electron chi connectivity index (χ0n) is 22.0. The summed E-state index contributed by atoms with van der Waals surface area (Å²) in [7, 11) is 1.71. The summed E-state index contributed by atoms with van der Waals surface area (Å²) in [6.07, 6.45) is 2.22. The molecule has 3 aromatic rings. The molecule has 2 aromatic carbocycles. The van der Waals surface area contributed by atoms with E-state index in [1.165, 1.54) is 0 Å². The zero-order valence-corrected chi connectivity index (χ0v) is 22.7. The lowest BCUT2D eigenvalue weighted by molar-refractivity contribution is -0.128. The summed E-state index contributed by atoms with van der Waals surface area (Å²) < 4.78 is 7.15. The number of hydrogen-bond donors (Lipinski definition) is 1. The van der Waals surface area contributed by atoms with Crippen LogP contribution in [0, 0.1) is 17.2 Å². The van der Waals surface area contributed by atoms with Crippen molar-refractivity contribution in [2.24, 2.45) is 13.0 Å². The van der Waals surface area contributed by atoms with Gasteiger partial charge in [0, 0.05) is 35.3 Å². The van der Waals surface area contributed by atoms with Gasteiger partial charge in [-0.05, 0) is 75.1 Å². The lowest BCUT2D eigenvalue weighted by atomic mass is 9.97. The summed E-state index contributed by atoms with van der Waals surface area (Å²) in [5, 5.41) is 15.5. The van der Waals surface area contributed by atoms with Gasteiger partial charge in [0.25, 0.3) is 5.56 Å². The summed E-state index contributed by atoms with van der Waals surface area (Å²) in [5.74, 6) is -0.286. The second-order valence-corrected chi connectivity index (χ2v) is 11.8. The number of aryl methyl sites for hydroxylation is 1. The Kier molecular flexibility index (Phi) is 6.60. The van der Waals surface area contributed by atoms with E-state index in [2.05, 4.69) is 11.4 Å². The molecule has 0 radical (unpaired) electrons. The third-order valence-electron chi connectivity index (χ3n) is 7.60. The second-order valence-electron chi connectivity index (χ2n) is 11.4. The third-order valence-corrected chi connectivity index (χ3v) is 7.84. The number of benzene rings is 2. The number of piperidine rings is 1. The molecule has 2 aliphatic rings. The molecule has 2 amide bonds. The van der Waals surface area contributed by atoms with E-state index in [-0.39, 0.29) is 29.8 Å². The van der Waals surface area contributed by atoms with Gasteiger partial charge in [-0.2, -0.15) is 5.26 Å².